The van der Waals surface area contributed by atoms with Crippen LogP contribution in [-0.4, -0.2) is 96.7 Å². The van der Waals surface area contributed by atoms with E-state index in [2.05, 4.69) is 58.9 Å². The molecule has 578 valence electrons. The summed E-state index contributed by atoms with van der Waals surface area (Å²) in [7, 11) is -9.93. The summed E-state index contributed by atoms with van der Waals surface area (Å²) in [5, 5.41) is 10.6. The Balaban J connectivity index is 5.29. The normalized spacial score (nSPS) is 14.3. The van der Waals surface area contributed by atoms with Crippen LogP contribution in [0.3, 0.4) is 0 Å². The van der Waals surface area contributed by atoms with Crippen LogP contribution in [0.1, 0.15) is 394 Å². The quantitative estimate of drug-likeness (QED) is 0.0169. The van der Waals surface area contributed by atoms with E-state index in [9.17, 15) is 43.2 Å². The lowest BCUT2D eigenvalue weighted by molar-refractivity contribution is -0.161. The summed E-state index contributed by atoms with van der Waals surface area (Å²) in [6, 6.07) is 0. The Morgan fingerprint density at radius 1 is 0.327 bits per heavy atom. The van der Waals surface area contributed by atoms with Crippen LogP contribution in [0.15, 0.2) is 24.3 Å². The van der Waals surface area contributed by atoms with Crippen molar-refractivity contribution in [1.82, 2.24) is 0 Å². The molecule has 0 rings (SSSR count). The summed E-state index contributed by atoms with van der Waals surface area (Å²) in [5.74, 6) is -1.29. The van der Waals surface area contributed by atoms with Crippen LogP contribution in [0.5, 0.6) is 0 Å². The van der Waals surface area contributed by atoms with Crippen LogP contribution in [-0.2, 0) is 65.4 Å². The van der Waals surface area contributed by atoms with Crippen molar-refractivity contribution in [3.05, 3.63) is 24.3 Å². The van der Waals surface area contributed by atoms with Gasteiger partial charge in [-0.2, -0.15) is 0 Å². The highest BCUT2D eigenvalue weighted by Crippen LogP contribution is 2.45. The van der Waals surface area contributed by atoms with Crippen LogP contribution < -0.4 is 0 Å². The molecule has 19 heteroatoms. The molecular formula is C79H150O17P2. The number of carbonyl (C=O) groups is 4. The van der Waals surface area contributed by atoms with E-state index in [4.69, 9.17) is 37.0 Å². The highest BCUT2D eigenvalue weighted by Gasteiger charge is 2.30. The van der Waals surface area contributed by atoms with Crippen LogP contribution >= 0.6 is 15.6 Å². The molecule has 0 amide bonds. The van der Waals surface area contributed by atoms with Crippen molar-refractivity contribution in [2.45, 2.75) is 412 Å². The fourth-order valence-electron chi connectivity index (χ4n) is 11.7. The molecule has 0 radical (unpaired) electrons. The minimum atomic E-state index is -4.97. The zero-order valence-corrected chi connectivity index (χ0v) is 65.2. The van der Waals surface area contributed by atoms with E-state index >= 15 is 0 Å². The summed E-state index contributed by atoms with van der Waals surface area (Å²) < 4.78 is 68.6. The van der Waals surface area contributed by atoms with Crippen molar-refractivity contribution in [3.63, 3.8) is 0 Å². The summed E-state index contributed by atoms with van der Waals surface area (Å²) in [6.45, 7) is 7.30. The van der Waals surface area contributed by atoms with E-state index in [0.717, 1.165) is 115 Å². The number of phosphoric acid groups is 2. The monoisotopic (exact) mass is 1430 g/mol. The number of ether oxygens (including phenoxy) is 4. The van der Waals surface area contributed by atoms with Crippen molar-refractivity contribution < 1.29 is 80.2 Å². The fraction of sp³-hybridized carbons (Fsp3) is 0.899. The van der Waals surface area contributed by atoms with Gasteiger partial charge in [0.25, 0.3) is 0 Å². The fourth-order valence-corrected chi connectivity index (χ4v) is 13.2. The topological polar surface area (TPSA) is 237 Å². The molecule has 17 nitrogen and oxygen atoms in total. The number of aliphatic hydroxyl groups is 1. The van der Waals surface area contributed by atoms with Crippen molar-refractivity contribution in [1.29, 1.82) is 0 Å². The first-order valence-corrected chi connectivity index (χ1v) is 43.5. The summed E-state index contributed by atoms with van der Waals surface area (Å²) in [5.41, 5.74) is 0. The summed E-state index contributed by atoms with van der Waals surface area (Å²) in [6.07, 6.45) is 64.4. The number of aliphatic hydroxyl groups excluding tert-OH is 1. The van der Waals surface area contributed by atoms with Crippen LogP contribution in [0.4, 0.5) is 0 Å². The van der Waals surface area contributed by atoms with Gasteiger partial charge in [0.2, 0.25) is 0 Å². The maximum Gasteiger partial charge on any atom is 0.472 e. The molecular weight excluding hydrogens is 1280 g/mol. The van der Waals surface area contributed by atoms with Crippen molar-refractivity contribution in [3.8, 4) is 0 Å². The van der Waals surface area contributed by atoms with Crippen molar-refractivity contribution >= 4 is 39.5 Å². The maximum absolute atomic E-state index is 13.1. The third-order valence-electron chi connectivity index (χ3n) is 18.3. The molecule has 3 N–H and O–H groups in total. The molecule has 0 aromatic rings. The molecule has 0 spiro atoms. The van der Waals surface area contributed by atoms with Gasteiger partial charge in [-0.25, -0.2) is 9.13 Å². The molecule has 0 fully saturated rings. The summed E-state index contributed by atoms with van der Waals surface area (Å²) in [4.78, 5) is 72.9. The predicted octanol–water partition coefficient (Wildman–Crippen LogP) is 23.2. The molecule has 0 saturated heterocycles. The average Bonchev–Trinajstić information content (AvgIpc) is 1.52. The van der Waals surface area contributed by atoms with Crippen LogP contribution in [0.25, 0.3) is 0 Å². The van der Waals surface area contributed by atoms with Crippen molar-refractivity contribution in [2.24, 2.45) is 5.92 Å². The largest absolute Gasteiger partial charge is 0.472 e. The maximum atomic E-state index is 13.1. The van der Waals surface area contributed by atoms with E-state index in [-0.39, 0.29) is 25.7 Å². The zero-order chi connectivity index (χ0) is 71.9. The van der Waals surface area contributed by atoms with Gasteiger partial charge in [0.15, 0.2) is 12.2 Å². The number of hydrogen-bond donors (Lipinski definition) is 3. The lowest BCUT2D eigenvalue weighted by atomic mass is 9.99. The van der Waals surface area contributed by atoms with Crippen LogP contribution in [0, 0.1) is 5.92 Å². The lowest BCUT2D eigenvalue weighted by Crippen LogP contribution is -2.30. The first kappa shape index (κ1) is 95.5. The molecule has 0 saturated carbocycles. The molecule has 0 aromatic heterocycles. The second kappa shape index (κ2) is 71.5. The Morgan fingerprint density at radius 2 is 0.571 bits per heavy atom. The number of phosphoric ester groups is 2. The predicted molar refractivity (Wildman–Crippen MR) is 400 cm³/mol. The molecule has 0 heterocycles. The van der Waals surface area contributed by atoms with Gasteiger partial charge < -0.3 is 33.8 Å². The average molecular weight is 1430 g/mol. The van der Waals surface area contributed by atoms with E-state index in [1.54, 1.807) is 0 Å². The molecule has 0 aromatic carbocycles. The molecule has 0 aliphatic heterocycles. The highest BCUT2D eigenvalue weighted by molar-refractivity contribution is 7.47. The van der Waals surface area contributed by atoms with Crippen molar-refractivity contribution in [2.75, 3.05) is 39.6 Å². The lowest BCUT2D eigenvalue weighted by Gasteiger charge is -2.21. The molecule has 3 unspecified atom stereocenters. The minimum Gasteiger partial charge on any atom is -0.462 e. The number of rotatable bonds is 77. The SMILES string of the molecule is CCCCCC/C=C\C=C/CCCCCCCC(=O)OC[C@H](COP(=O)(O)OC[C@@H](O)COP(=O)(O)OC[C@@H](COC(=O)CCCCCCCCCCCCC)OC(=O)CCCCCCCCCCCCCCCC)OC(=O)CCCCCCCCCCCCCCCCC(C)CC. The van der Waals surface area contributed by atoms with Gasteiger partial charge in [-0.05, 0) is 57.3 Å². The smallest absolute Gasteiger partial charge is 0.462 e. The van der Waals surface area contributed by atoms with E-state index < -0.39 is 97.5 Å². The van der Waals surface area contributed by atoms with Gasteiger partial charge >= 0.3 is 39.5 Å². The Hall–Kier alpha value is -2.46. The number of hydrogen-bond acceptors (Lipinski definition) is 15. The first-order chi connectivity index (χ1) is 47.6. The number of allylic oxidation sites excluding steroid dienone is 4. The van der Waals surface area contributed by atoms with E-state index in [0.29, 0.717) is 25.7 Å². The summed E-state index contributed by atoms with van der Waals surface area (Å²) >= 11 is 0. The Morgan fingerprint density at radius 3 is 0.867 bits per heavy atom. The molecule has 0 aliphatic rings. The molecule has 98 heavy (non-hydrogen) atoms. The van der Waals surface area contributed by atoms with Gasteiger partial charge in [-0.15, -0.1) is 0 Å². The third-order valence-corrected chi connectivity index (χ3v) is 20.2. The van der Waals surface area contributed by atoms with Crippen LogP contribution in [0.2, 0.25) is 0 Å². The second-order valence-corrected chi connectivity index (χ2v) is 30.9. The van der Waals surface area contributed by atoms with Gasteiger partial charge in [0, 0.05) is 25.7 Å². The Labute approximate surface area is 599 Å². The van der Waals surface area contributed by atoms with E-state index in [1.807, 2.05) is 0 Å². The van der Waals surface area contributed by atoms with Gasteiger partial charge in [0.05, 0.1) is 26.4 Å². The number of unbranched alkanes of at least 4 members (excludes halogenated alkanes) is 45. The standard InChI is InChI=1S/C79H150O17P2/c1-6-10-13-16-19-22-25-27-29-34-38-43-48-53-58-63-77(82)90-69-75(96-79(84)65-60-55-50-45-40-35-31-30-32-37-41-46-51-56-61-72(5)9-4)71-94-98(87,88)92-67-73(80)66-91-97(85,86)93-70-74(68-89-76(81)62-57-52-47-42-36-24-21-18-15-12-8-3)95-78(83)64-59-54-49-44-39-33-28-26-23-20-17-14-11-7-2/h22,25,27,29,72-75,80H,6-21,23-24,26,28,30-71H2,1-5H3,(H,85,86)(H,87,88)/b25-22-,29-27-/t72?,73-,74+,75+/m0/s1. The Bertz CT molecular complexity index is 1970. The molecule has 6 atom stereocenters. The Kier molecular flexibility index (Phi) is 69.7. The number of esters is 4. The highest BCUT2D eigenvalue weighted by atomic mass is 31.2. The second-order valence-electron chi connectivity index (χ2n) is 28.0. The molecule has 0 bridgehead atoms. The molecule has 0 aliphatic carbocycles. The van der Waals surface area contributed by atoms with Gasteiger partial charge in [0.1, 0.15) is 19.3 Å². The van der Waals surface area contributed by atoms with Gasteiger partial charge in [-0.3, -0.25) is 37.3 Å². The third kappa shape index (κ3) is 70.6. The minimum absolute atomic E-state index is 0.101. The zero-order valence-electron chi connectivity index (χ0n) is 63.4. The number of carbonyl (C=O) groups excluding carboxylic acids is 4. The van der Waals surface area contributed by atoms with E-state index in [1.165, 1.54) is 199 Å². The first-order valence-electron chi connectivity index (χ1n) is 40.5. The van der Waals surface area contributed by atoms with Gasteiger partial charge in [-0.1, -0.05) is 341 Å².